The van der Waals surface area contributed by atoms with Crippen LogP contribution in [0.4, 0.5) is 0 Å². The number of nitrogens with zero attached hydrogens (tertiary/aromatic N) is 1. The largest absolute Gasteiger partial charge is 0.497 e. The molecule has 4 aromatic carbocycles. The Kier molecular flexibility index (Phi) is 6.92. The molecule has 0 atom stereocenters. The van der Waals surface area contributed by atoms with Gasteiger partial charge in [-0.2, -0.15) is 5.26 Å². The number of methoxy groups -OCH3 is 1. The molecular formula is C29H25NO3. The highest BCUT2D eigenvalue weighted by atomic mass is 16.5. The van der Waals surface area contributed by atoms with E-state index in [-0.39, 0.29) is 0 Å². The maximum absolute atomic E-state index is 9.69. The zero-order valence-electron chi connectivity index (χ0n) is 18.7. The van der Waals surface area contributed by atoms with Crippen LogP contribution in [0.25, 0.3) is 22.4 Å². The third-order valence-electron chi connectivity index (χ3n) is 5.36. The predicted octanol–water partition coefficient (Wildman–Crippen LogP) is 6.89. The van der Waals surface area contributed by atoms with Crippen LogP contribution in [0.3, 0.4) is 0 Å². The fourth-order valence-electron chi connectivity index (χ4n) is 3.69. The van der Waals surface area contributed by atoms with E-state index in [1.807, 2.05) is 73.7 Å². The van der Waals surface area contributed by atoms with Gasteiger partial charge in [0.15, 0.2) is 11.5 Å². The zero-order valence-corrected chi connectivity index (χ0v) is 18.7. The van der Waals surface area contributed by atoms with E-state index in [0.29, 0.717) is 30.3 Å². The average Bonchev–Trinajstić information content (AvgIpc) is 2.87. The summed E-state index contributed by atoms with van der Waals surface area (Å²) in [6.45, 7) is 2.89. The van der Waals surface area contributed by atoms with Gasteiger partial charge in [-0.1, -0.05) is 48.5 Å². The standard InChI is InChI=1S/C29H25NO3/c1-3-32-29-18-21(17-25(19-30)22-12-14-26(31-2)15-13-22)11-16-28(29)33-20-24-9-6-8-23-7-4-5-10-27(23)24/h4-18H,3,20H2,1-2H3/b25-17+. The highest BCUT2D eigenvalue weighted by Crippen LogP contribution is 2.32. The number of hydrogen-bond acceptors (Lipinski definition) is 4. The van der Waals surface area contributed by atoms with Gasteiger partial charge in [-0.25, -0.2) is 0 Å². The number of benzene rings is 4. The molecule has 0 heterocycles. The number of hydrogen-bond donors (Lipinski definition) is 0. The summed E-state index contributed by atoms with van der Waals surface area (Å²) in [6.07, 6.45) is 1.85. The summed E-state index contributed by atoms with van der Waals surface area (Å²) < 4.78 is 17.2. The number of rotatable bonds is 8. The van der Waals surface area contributed by atoms with Crippen molar-refractivity contribution in [2.45, 2.75) is 13.5 Å². The Morgan fingerprint density at radius 2 is 1.67 bits per heavy atom. The van der Waals surface area contributed by atoms with Crippen molar-refractivity contribution in [3.05, 3.63) is 102 Å². The Bertz CT molecular complexity index is 1310. The van der Waals surface area contributed by atoms with Crippen molar-refractivity contribution < 1.29 is 14.2 Å². The molecular weight excluding hydrogens is 410 g/mol. The average molecular weight is 436 g/mol. The van der Waals surface area contributed by atoms with Gasteiger partial charge < -0.3 is 14.2 Å². The molecule has 4 heteroatoms. The SMILES string of the molecule is CCOc1cc(/C=C(\C#N)c2ccc(OC)cc2)ccc1OCc1cccc2ccccc12. The van der Waals surface area contributed by atoms with Gasteiger partial charge in [-0.3, -0.25) is 0 Å². The molecule has 0 aliphatic carbocycles. The molecule has 164 valence electrons. The Labute approximate surface area is 194 Å². The summed E-state index contributed by atoms with van der Waals surface area (Å²) >= 11 is 0. The predicted molar refractivity (Wildman–Crippen MR) is 132 cm³/mol. The smallest absolute Gasteiger partial charge is 0.161 e. The van der Waals surface area contributed by atoms with Gasteiger partial charge in [-0.15, -0.1) is 0 Å². The summed E-state index contributed by atoms with van der Waals surface area (Å²) in [4.78, 5) is 0. The molecule has 0 N–H and O–H groups in total. The molecule has 0 amide bonds. The fourth-order valence-corrected chi connectivity index (χ4v) is 3.69. The van der Waals surface area contributed by atoms with Gasteiger partial charge in [0.25, 0.3) is 0 Å². The molecule has 0 aliphatic heterocycles. The Morgan fingerprint density at radius 3 is 2.42 bits per heavy atom. The van der Waals surface area contributed by atoms with Crippen LogP contribution in [-0.4, -0.2) is 13.7 Å². The van der Waals surface area contributed by atoms with E-state index in [4.69, 9.17) is 14.2 Å². The number of allylic oxidation sites excluding steroid dienone is 1. The van der Waals surface area contributed by atoms with Crippen LogP contribution in [0.15, 0.2) is 84.9 Å². The van der Waals surface area contributed by atoms with E-state index in [1.54, 1.807) is 7.11 Å². The van der Waals surface area contributed by atoms with Gasteiger partial charge >= 0.3 is 0 Å². The molecule has 0 unspecified atom stereocenters. The quantitative estimate of drug-likeness (QED) is 0.223. The van der Waals surface area contributed by atoms with E-state index >= 15 is 0 Å². The second kappa shape index (κ2) is 10.4. The molecule has 0 radical (unpaired) electrons. The van der Waals surface area contributed by atoms with Crippen LogP contribution in [-0.2, 0) is 6.61 Å². The number of nitriles is 1. The number of fused-ring (bicyclic) bond motifs is 1. The van der Waals surface area contributed by atoms with Crippen LogP contribution >= 0.6 is 0 Å². The summed E-state index contributed by atoms with van der Waals surface area (Å²) in [5.74, 6) is 2.07. The summed E-state index contributed by atoms with van der Waals surface area (Å²) in [5.41, 5.74) is 3.37. The van der Waals surface area contributed by atoms with Crippen molar-refractivity contribution in [1.82, 2.24) is 0 Å². The minimum absolute atomic E-state index is 0.436. The van der Waals surface area contributed by atoms with Crippen molar-refractivity contribution in [3.8, 4) is 23.3 Å². The van der Waals surface area contributed by atoms with Gasteiger partial charge in [0.2, 0.25) is 0 Å². The van der Waals surface area contributed by atoms with Crippen LogP contribution in [0.2, 0.25) is 0 Å². The van der Waals surface area contributed by atoms with E-state index in [9.17, 15) is 5.26 Å². The Morgan fingerprint density at radius 1 is 0.879 bits per heavy atom. The summed E-state index contributed by atoms with van der Waals surface area (Å²) in [5, 5.41) is 12.0. The molecule has 0 aliphatic rings. The third-order valence-corrected chi connectivity index (χ3v) is 5.36. The molecule has 0 spiro atoms. The summed E-state index contributed by atoms with van der Waals surface area (Å²) in [7, 11) is 1.62. The highest BCUT2D eigenvalue weighted by Gasteiger charge is 2.09. The van der Waals surface area contributed by atoms with Crippen molar-refractivity contribution >= 4 is 22.4 Å². The minimum atomic E-state index is 0.436. The van der Waals surface area contributed by atoms with Crippen molar-refractivity contribution in [3.63, 3.8) is 0 Å². The maximum atomic E-state index is 9.69. The van der Waals surface area contributed by atoms with E-state index in [1.165, 1.54) is 10.8 Å². The highest BCUT2D eigenvalue weighted by molar-refractivity contribution is 5.90. The molecule has 0 saturated carbocycles. The lowest BCUT2D eigenvalue weighted by atomic mass is 10.0. The van der Waals surface area contributed by atoms with Crippen LogP contribution in [0.5, 0.6) is 17.2 Å². The molecule has 4 rings (SSSR count). The van der Waals surface area contributed by atoms with E-state index in [2.05, 4.69) is 30.3 Å². The lowest BCUT2D eigenvalue weighted by molar-refractivity contribution is 0.270. The summed E-state index contributed by atoms with van der Waals surface area (Å²) in [6, 6.07) is 29.9. The van der Waals surface area contributed by atoms with Gasteiger partial charge in [-0.05, 0) is 76.9 Å². The Balaban J connectivity index is 1.59. The van der Waals surface area contributed by atoms with Gasteiger partial charge in [0, 0.05) is 0 Å². The second-order valence-electron chi connectivity index (χ2n) is 7.46. The van der Waals surface area contributed by atoms with Crippen LogP contribution in [0.1, 0.15) is 23.6 Å². The van der Waals surface area contributed by atoms with E-state index in [0.717, 1.165) is 22.4 Å². The molecule has 0 fully saturated rings. The van der Waals surface area contributed by atoms with E-state index < -0.39 is 0 Å². The van der Waals surface area contributed by atoms with Gasteiger partial charge in [0.05, 0.1) is 25.4 Å². The molecule has 0 saturated heterocycles. The first kappa shape index (κ1) is 22.0. The first-order chi connectivity index (χ1) is 16.2. The minimum Gasteiger partial charge on any atom is -0.497 e. The lowest BCUT2D eigenvalue weighted by Crippen LogP contribution is -2.00. The maximum Gasteiger partial charge on any atom is 0.161 e. The Hall–Kier alpha value is -4.23. The lowest BCUT2D eigenvalue weighted by Gasteiger charge is -2.14. The first-order valence-electron chi connectivity index (χ1n) is 10.8. The second-order valence-corrected chi connectivity index (χ2v) is 7.46. The molecule has 33 heavy (non-hydrogen) atoms. The normalized spacial score (nSPS) is 11.1. The molecule has 4 aromatic rings. The van der Waals surface area contributed by atoms with Crippen LogP contribution < -0.4 is 14.2 Å². The fraction of sp³-hybridized carbons (Fsp3) is 0.138. The molecule has 0 bridgehead atoms. The monoisotopic (exact) mass is 435 g/mol. The zero-order chi connectivity index (χ0) is 23.0. The number of ether oxygens (including phenoxy) is 3. The van der Waals surface area contributed by atoms with Crippen molar-refractivity contribution in [1.29, 1.82) is 5.26 Å². The van der Waals surface area contributed by atoms with Gasteiger partial charge in [0.1, 0.15) is 12.4 Å². The third kappa shape index (κ3) is 5.16. The van der Waals surface area contributed by atoms with Crippen LogP contribution in [0, 0.1) is 11.3 Å². The molecule has 0 aromatic heterocycles. The first-order valence-corrected chi connectivity index (χ1v) is 10.8. The molecule has 4 nitrogen and oxygen atoms in total. The van der Waals surface area contributed by atoms with Crippen molar-refractivity contribution in [2.75, 3.05) is 13.7 Å². The van der Waals surface area contributed by atoms with Crippen molar-refractivity contribution in [2.24, 2.45) is 0 Å². The topological polar surface area (TPSA) is 51.5 Å².